The van der Waals surface area contributed by atoms with Crippen molar-refractivity contribution in [3.05, 3.63) is 30.3 Å². The number of benzene rings is 1. The van der Waals surface area contributed by atoms with E-state index in [1.54, 1.807) is 12.1 Å². The Morgan fingerprint density at radius 1 is 1.10 bits per heavy atom. The van der Waals surface area contributed by atoms with E-state index in [9.17, 15) is 0 Å². The van der Waals surface area contributed by atoms with Crippen LogP contribution in [0.2, 0.25) is 0 Å². The van der Waals surface area contributed by atoms with Gasteiger partial charge in [0.2, 0.25) is 0 Å². The van der Waals surface area contributed by atoms with Crippen LogP contribution >= 0.6 is 0 Å². The van der Waals surface area contributed by atoms with Crippen LogP contribution in [0, 0.1) is 0 Å². The quantitative estimate of drug-likeness (QED) is 0.438. The summed E-state index contributed by atoms with van der Waals surface area (Å²) < 4.78 is 0. The van der Waals surface area contributed by atoms with Crippen molar-refractivity contribution >= 4 is 5.69 Å². The highest BCUT2D eigenvalue weighted by molar-refractivity contribution is 5.39. The fourth-order valence-electron chi connectivity index (χ4n) is 0.513. The van der Waals surface area contributed by atoms with Gasteiger partial charge in [-0.15, -0.1) is 0 Å². The van der Waals surface area contributed by atoms with Crippen molar-refractivity contribution in [1.29, 1.82) is 0 Å². The van der Waals surface area contributed by atoms with E-state index in [0.717, 1.165) is 0 Å². The predicted molar refractivity (Wildman–Crippen MR) is 37.8 cm³/mol. The number of anilines is 1. The van der Waals surface area contributed by atoms with Crippen molar-refractivity contribution in [3.63, 3.8) is 0 Å². The first-order chi connectivity index (χ1) is 4.93. The Morgan fingerprint density at radius 2 is 1.60 bits per heavy atom. The first-order valence-electron chi connectivity index (χ1n) is 2.64. The van der Waals surface area contributed by atoms with Crippen molar-refractivity contribution in [1.82, 2.24) is 0 Å². The summed E-state index contributed by atoms with van der Waals surface area (Å²) in [5, 5.41) is 14.8. The summed E-state index contributed by atoms with van der Waals surface area (Å²) in [6, 6.07) is 9.14. The van der Waals surface area contributed by atoms with E-state index in [1.807, 2.05) is 23.7 Å². The molecule has 0 atom stereocenters. The van der Waals surface area contributed by atoms with Gasteiger partial charge < -0.3 is 5.21 Å². The minimum atomic E-state index is 0.715. The van der Waals surface area contributed by atoms with Gasteiger partial charge in [0.25, 0.3) is 0 Å². The Morgan fingerprint density at radius 3 is 1.90 bits per heavy atom. The van der Waals surface area contributed by atoms with Crippen LogP contribution < -0.4 is 11.4 Å². The van der Waals surface area contributed by atoms with Crippen LogP contribution in [0.5, 0.6) is 0 Å². The molecule has 4 nitrogen and oxygen atoms in total. The molecule has 10 heavy (non-hydrogen) atoms. The second-order valence-corrected chi connectivity index (χ2v) is 1.48. The van der Waals surface area contributed by atoms with Gasteiger partial charge in [0.1, 0.15) is 0 Å². The maximum atomic E-state index is 8.29. The minimum Gasteiger partial charge on any atom is -0.320 e. The zero-order chi connectivity index (χ0) is 7.82. The first kappa shape index (κ1) is 8.90. The molecule has 0 saturated heterocycles. The number of nitrogens with one attached hydrogen (secondary N) is 1. The van der Waals surface area contributed by atoms with Crippen molar-refractivity contribution in [2.24, 2.45) is 5.90 Å². The van der Waals surface area contributed by atoms with Crippen molar-refractivity contribution in [2.45, 2.75) is 0 Å². The Hall–Kier alpha value is -1.10. The molecule has 0 bridgehead atoms. The van der Waals surface area contributed by atoms with Gasteiger partial charge in [0.05, 0.1) is 5.69 Å². The molecule has 1 aromatic rings. The van der Waals surface area contributed by atoms with Crippen LogP contribution in [0.25, 0.3) is 0 Å². The number of hydrogen-bond donors (Lipinski definition) is 4. The fraction of sp³-hybridized carbons (Fsp3) is 0. The van der Waals surface area contributed by atoms with Gasteiger partial charge in [-0.1, -0.05) is 18.2 Å². The third kappa shape index (κ3) is 3.03. The molecule has 0 spiro atoms. The molecule has 0 aliphatic carbocycles. The highest BCUT2D eigenvalue weighted by Gasteiger charge is 1.79. The van der Waals surface area contributed by atoms with E-state index in [0.29, 0.717) is 5.69 Å². The fourth-order valence-corrected chi connectivity index (χ4v) is 0.513. The van der Waals surface area contributed by atoms with Crippen LogP contribution in [-0.2, 0) is 0 Å². The van der Waals surface area contributed by atoms with Gasteiger partial charge in [0.15, 0.2) is 0 Å². The standard InChI is InChI=1S/C6H7NO.H3NO/c8-7-6-4-2-1-3-5-6;1-2/h1-5,7-8H;2H,1H2. The van der Waals surface area contributed by atoms with Crippen molar-refractivity contribution in [3.8, 4) is 0 Å². The molecule has 1 aromatic carbocycles. The van der Waals surface area contributed by atoms with Gasteiger partial charge in [0, 0.05) is 0 Å². The molecule has 0 aromatic heterocycles. The Labute approximate surface area is 58.8 Å². The van der Waals surface area contributed by atoms with Crippen LogP contribution in [0.4, 0.5) is 5.69 Å². The number of hydrogen-bond acceptors (Lipinski definition) is 4. The van der Waals surface area contributed by atoms with Gasteiger partial charge in [-0.2, -0.15) is 0 Å². The predicted octanol–water partition coefficient (Wildman–Crippen LogP) is 0.822. The molecule has 0 aliphatic heterocycles. The van der Waals surface area contributed by atoms with Crippen LogP contribution in [0.1, 0.15) is 0 Å². The third-order valence-electron chi connectivity index (χ3n) is 0.903. The van der Waals surface area contributed by atoms with Gasteiger partial charge in [-0.3, -0.25) is 10.7 Å². The Kier molecular flexibility index (Phi) is 5.36. The molecule has 0 saturated carbocycles. The average Bonchev–Trinajstić information content (AvgIpc) is 2.10. The summed E-state index contributed by atoms with van der Waals surface area (Å²) in [7, 11) is 0. The number of nitrogens with two attached hydrogens (primary N) is 1. The SMILES string of the molecule is NO.ONc1ccccc1. The lowest BCUT2D eigenvalue weighted by molar-refractivity contribution is 0.311. The molecule has 0 heterocycles. The van der Waals surface area contributed by atoms with E-state index >= 15 is 0 Å². The molecule has 1 rings (SSSR count). The average molecular weight is 142 g/mol. The molecule has 0 amide bonds. The third-order valence-corrected chi connectivity index (χ3v) is 0.903. The monoisotopic (exact) mass is 142 g/mol. The van der Waals surface area contributed by atoms with Gasteiger partial charge in [-0.25, -0.2) is 5.90 Å². The van der Waals surface area contributed by atoms with E-state index in [-0.39, 0.29) is 0 Å². The minimum absolute atomic E-state index is 0.715. The number of para-hydroxylation sites is 1. The molecule has 56 valence electrons. The second-order valence-electron chi connectivity index (χ2n) is 1.48. The zero-order valence-electron chi connectivity index (χ0n) is 5.36. The highest BCUT2D eigenvalue weighted by Crippen LogP contribution is 2.01. The lowest BCUT2D eigenvalue weighted by atomic mass is 10.3. The molecule has 0 radical (unpaired) electrons. The van der Waals surface area contributed by atoms with Crippen LogP contribution in [-0.4, -0.2) is 10.4 Å². The normalized spacial score (nSPS) is 7.50. The highest BCUT2D eigenvalue weighted by atomic mass is 16.5. The molecular formula is C6H10N2O2. The molecule has 4 heteroatoms. The lowest BCUT2D eigenvalue weighted by Crippen LogP contribution is -1.85. The van der Waals surface area contributed by atoms with E-state index in [2.05, 4.69) is 5.90 Å². The summed E-state index contributed by atoms with van der Waals surface area (Å²) >= 11 is 0. The number of rotatable bonds is 1. The van der Waals surface area contributed by atoms with Gasteiger partial charge >= 0.3 is 0 Å². The summed E-state index contributed by atoms with van der Waals surface area (Å²) in [4.78, 5) is 0. The largest absolute Gasteiger partial charge is 0.320 e. The smallest absolute Gasteiger partial charge is 0.0602 e. The lowest BCUT2D eigenvalue weighted by Gasteiger charge is -1.92. The second kappa shape index (κ2) is 6.03. The molecule has 0 aliphatic rings. The maximum absolute atomic E-state index is 8.29. The van der Waals surface area contributed by atoms with E-state index < -0.39 is 0 Å². The molecular weight excluding hydrogens is 132 g/mol. The van der Waals surface area contributed by atoms with E-state index in [4.69, 9.17) is 10.4 Å². The van der Waals surface area contributed by atoms with E-state index in [1.165, 1.54) is 0 Å². The summed E-state index contributed by atoms with van der Waals surface area (Å²) in [5.74, 6) is 3.50. The summed E-state index contributed by atoms with van der Waals surface area (Å²) in [6.45, 7) is 0. The Bertz CT molecular complexity index is 155. The Balaban J connectivity index is 0.000000371. The first-order valence-corrected chi connectivity index (χ1v) is 2.64. The summed E-state index contributed by atoms with van der Waals surface area (Å²) in [5.41, 5.74) is 2.74. The topological polar surface area (TPSA) is 78.5 Å². The van der Waals surface area contributed by atoms with Gasteiger partial charge in [-0.05, 0) is 12.1 Å². The zero-order valence-corrected chi connectivity index (χ0v) is 5.36. The molecule has 5 N–H and O–H groups in total. The molecule has 0 fully saturated rings. The van der Waals surface area contributed by atoms with Crippen LogP contribution in [0.15, 0.2) is 30.3 Å². The van der Waals surface area contributed by atoms with Crippen LogP contribution in [0.3, 0.4) is 0 Å². The van der Waals surface area contributed by atoms with Crippen molar-refractivity contribution in [2.75, 3.05) is 5.48 Å². The summed E-state index contributed by atoms with van der Waals surface area (Å²) in [6.07, 6.45) is 0. The maximum Gasteiger partial charge on any atom is 0.0602 e. The molecule has 0 unspecified atom stereocenters. The van der Waals surface area contributed by atoms with Crippen molar-refractivity contribution < 1.29 is 10.4 Å².